The fourth-order valence-corrected chi connectivity index (χ4v) is 3.56. The van der Waals surface area contributed by atoms with Crippen molar-refractivity contribution in [3.8, 4) is 11.5 Å². The zero-order valence-electron chi connectivity index (χ0n) is 18.8. The van der Waals surface area contributed by atoms with Gasteiger partial charge >= 0.3 is 17.6 Å². The number of hydrogen-bond donors (Lipinski definition) is 0. The summed E-state index contributed by atoms with van der Waals surface area (Å²) in [5.74, 6) is -3.16. The molecular weight excluding hydrogens is 444 g/mol. The molecule has 0 unspecified atom stereocenters. The predicted molar refractivity (Wildman–Crippen MR) is 121 cm³/mol. The van der Waals surface area contributed by atoms with Gasteiger partial charge in [-0.2, -0.15) is 0 Å². The van der Waals surface area contributed by atoms with Crippen LogP contribution in [0, 0.1) is 47.9 Å². The van der Waals surface area contributed by atoms with Gasteiger partial charge in [0.05, 0.1) is 33.1 Å². The highest BCUT2D eigenvalue weighted by Crippen LogP contribution is 2.42. The average molecular weight is 464 g/mol. The Morgan fingerprint density at radius 2 is 1.15 bits per heavy atom. The second-order valence-corrected chi connectivity index (χ2v) is 7.62. The van der Waals surface area contributed by atoms with E-state index in [1.807, 2.05) is 0 Å². The van der Waals surface area contributed by atoms with Crippen molar-refractivity contribution in [2.24, 2.45) is 0 Å². The van der Waals surface area contributed by atoms with Gasteiger partial charge in [-0.3, -0.25) is 20.2 Å². The second-order valence-electron chi connectivity index (χ2n) is 7.62. The Kier molecular flexibility index (Phi) is 6.71. The number of nitrogens with zero attached hydrogens (tertiary/aromatic N) is 2. The summed E-state index contributed by atoms with van der Waals surface area (Å²) in [6.07, 6.45) is 0. The van der Waals surface area contributed by atoms with Crippen LogP contribution in [0.1, 0.15) is 43.0 Å². The molecule has 0 aromatic heterocycles. The summed E-state index contributed by atoms with van der Waals surface area (Å²) in [6.45, 7) is 6.66. The first-order valence-corrected chi connectivity index (χ1v) is 10.0. The zero-order valence-corrected chi connectivity index (χ0v) is 18.8. The molecule has 0 amide bonds. The smallest absolute Gasteiger partial charge is 0.344 e. The van der Waals surface area contributed by atoms with Crippen molar-refractivity contribution >= 4 is 23.3 Å². The highest BCUT2D eigenvalue weighted by molar-refractivity contribution is 5.97. The number of nitro benzene ring substituents is 2. The van der Waals surface area contributed by atoms with Crippen molar-refractivity contribution < 1.29 is 28.9 Å². The van der Waals surface area contributed by atoms with Crippen molar-refractivity contribution in [2.45, 2.75) is 27.7 Å². The number of non-ortho nitro benzene ring substituents is 1. The summed E-state index contributed by atoms with van der Waals surface area (Å²) in [5, 5.41) is 23.1. The third kappa shape index (κ3) is 4.75. The van der Waals surface area contributed by atoms with Crippen LogP contribution in [-0.4, -0.2) is 21.8 Å². The van der Waals surface area contributed by atoms with Gasteiger partial charge in [-0.05, 0) is 49.9 Å². The van der Waals surface area contributed by atoms with Crippen LogP contribution in [0.4, 0.5) is 11.4 Å². The molecule has 0 bridgehead atoms. The van der Waals surface area contributed by atoms with E-state index in [4.69, 9.17) is 9.47 Å². The summed E-state index contributed by atoms with van der Waals surface area (Å²) in [7, 11) is 0. The largest absolute Gasteiger partial charge is 0.418 e. The van der Waals surface area contributed by atoms with E-state index in [9.17, 15) is 29.8 Å². The maximum absolute atomic E-state index is 12.9. The molecule has 3 rings (SSSR count). The van der Waals surface area contributed by atoms with Gasteiger partial charge in [0.15, 0.2) is 5.75 Å². The molecule has 10 nitrogen and oxygen atoms in total. The number of nitro groups is 2. The number of benzene rings is 3. The maximum Gasteiger partial charge on any atom is 0.344 e. The van der Waals surface area contributed by atoms with Crippen molar-refractivity contribution in [1.29, 1.82) is 0 Å². The number of aryl methyl sites for hydroxylation is 4. The number of hydrogen-bond acceptors (Lipinski definition) is 8. The predicted octanol–water partition coefficient (Wildman–Crippen LogP) is 5.18. The molecule has 34 heavy (non-hydrogen) atoms. The monoisotopic (exact) mass is 464 g/mol. The normalized spacial score (nSPS) is 10.5. The van der Waals surface area contributed by atoms with Gasteiger partial charge < -0.3 is 9.47 Å². The van der Waals surface area contributed by atoms with Crippen molar-refractivity contribution in [3.63, 3.8) is 0 Å². The van der Waals surface area contributed by atoms with Gasteiger partial charge in [-0.25, -0.2) is 9.59 Å². The fraction of sp³-hybridized carbons (Fsp3) is 0.167. The molecule has 3 aromatic carbocycles. The van der Waals surface area contributed by atoms with E-state index in [1.165, 1.54) is 0 Å². The number of ether oxygens (including phenoxy) is 2. The molecule has 0 atom stereocenters. The van der Waals surface area contributed by atoms with Crippen LogP contribution in [0.3, 0.4) is 0 Å². The van der Waals surface area contributed by atoms with E-state index in [2.05, 4.69) is 0 Å². The van der Waals surface area contributed by atoms with Gasteiger partial charge in [-0.15, -0.1) is 0 Å². The molecule has 0 aliphatic carbocycles. The minimum atomic E-state index is -0.948. The van der Waals surface area contributed by atoms with E-state index in [1.54, 1.807) is 64.1 Å². The van der Waals surface area contributed by atoms with Gasteiger partial charge in [-0.1, -0.05) is 36.4 Å². The quantitative estimate of drug-likeness (QED) is 0.211. The summed E-state index contributed by atoms with van der Waals surface area (Å²) >= 11 is 0. The van der Waals surface area contributed by atoms with Crippen molar-refractivity contribution in [2.75, 3.05) is 0 Å². The van der Waals surface area contributed by atoms with E-state index < -0.39 is 44.7 Å². The first-order chi connectivity index (χ1) is 16.0. The lowest BCUT2D eigenvalue weighted by molar-refractivity contribution is -0.394. The Balaban J connectivity index is 2.16. The molecule has 0 fully saturated rings. The van der Waals surface area contributed by atoms with Crippen molar-refractivity contribution in [3.05, 3.63) is 102 Å². The Hall–Kier alpha value is -4.60. The van der Waals surface area contributed by atoms with Gasteiger partial charge in [0.2, 0.25) is 0 Å². The molecule has 0 spiro atoms. The highest BCUT2D eigenvalue weighted by Gasteiger charge is 2.31. The number of carbonyl (C=O) groups excluding carboxylic acids is 2. The summed E-state index contributed by atoms with van der Waals surface area (Å²) in [4.78, 5) is 47.1. The minimum absolute atomic E-state index is 0.169. The van der Waals surface area contributed by atoms with Crippen molar-refractivity contribution in [1.82, 2.24) is 0 Å². The van der Waals surface area contributed by atoms with Crippen LogP contribution >= 0.6 is 0 Å². The first kappa shape index (κ1) is 24.1. The molecular formula is C24H20N2O8. The SMILES string of the molecule is Cc1cccc(C)c1C(=O)Oc1cc([N+](=O)[O-])cc([N+](=O)[O-])c1OC(=O)c1c(C)cccc1C. The topological polar surface area (TPSA) is 139 Å². The lowest BCUT2D eigenvalue weighted by atomic mass is 10.0. The van der Waals surface area contributed by atoms with Crippen LogP contribution in [0.25, 0.3) is 0 Å². The molecule has 0 heterocycles. The van der Waals surface area contributed by atoms with Crippen LogP contribution in [-0.2, 0) is 0 Å². The fourth-order valence-electron chi connectivity index (χ4n) is 3.56. The zero-order chi connectivity index (χ0) is 25.2. The number of carbonyl (C=O) groups is 2. The van der Waals surface area contributed by atoms with Gasteiger partial charge in [0, 0.05) is 0 Å². The van der Waals surface area contributed by atoms with E-state index >= 15 is 0 Å². The molecule has 10 heteroatoms. The van der Waals surface area contributed by atoms with Crippen LogP contribution in [0.15, 0.2) is 48.5 Å². The molecule has 174 valence electrons. The molecule has 0 radical (unpaired) electrons. The Bertz CT molecular complexity index is 1310. The highest BCUT2D eigenvalue weighted by atomic mass is 16.6. The third-order valence-electron chi connectivity index (χ3n) is 5.20. The van der Waals surface area contributed by atoms with Gasteiger partial charge in [0.1, 0.15) is 0 Å². The Morgan fingerprint density at radius 3 is 1.56 bits per heavy atom. The third-order valence-corrected chi connectivity index (χ3v) is 5.20. The summed E-state index contributed by atoms with van der Waals surface area (Å²) < 4.78 is 10.7. The van der Waals surface area contributed by atoms with E-state index in [-0.39, 0.29) is 11.1 Å². The number of rotatable bonds is 6. The van der Waals surface area contributed by atoms with E-state index in [0.717, 1.165) is 6.07 Å². The lowest BCUT2D eigenvalue weighted by Crippen LogP contribution is -2.16. The molecule has 0 aliphatic rings. The van der Waals surface area contributed by atoms with Gasteiger partial charge in [0.25, 0.3) is 11.4 Å². The molecule has 0 saturated carbocycles. The molecule has 0 N–H and O–H groups in total. The second kappa shape index (κ2) is 9.49. The molecule has 3 aromatic rings. The Morgan fingerprint density at radius 1 is 0.706 bits per heavy atom. The first-order valence-electron chi connectivity index (χ1n) is 10.0. The number of esters is 2. The molecule has 0 aliphatic heterocycles. The molecule has 0 saturated heterocycles. The maximum atomic E-state index is 12.9. The Labute approximate surface area is 194 Å². The van der Waals surface area contributed by atoms with Crippen LogP contribution in [0.2, 0.25) is 0 Å². The average Bonchev–Trinajstić information content (AvgIpc) is 2.74. The summed E-state index contributed by atoms with van der Waals surface area (Å²) in [5.41, 5.74) is 1.01. The summed E-state index contributed by atoms with van der Waals surface area (Å²) in [6, 6.07) is 11.6. The van der Waals surface area contributed by atoms with Crippen LogP contribution < -0.4 is 9.47 Å². The lowest BCUT2D eigenvalue weighted by Gasteiger charge is -2.14. The van der Waals surface area contributed by atoms with E-state index in [0.29, 0.717) is 28.3 Å². The standard InChI is InChI=1S/C24H20N2O8/c1-13-7-5-8-14(2)20(13)23(27)33-19-12-17(25(29)30)11-18(26(31)32)22(19)34-24(28)21-15(3)9-6-10-16(21)4/h5-12H,1-4H3. The van der Waals surface area contributed by atoms with Crippen LogP contribution in [0.5, 0.6) is 11.5 Å². The minimum Gasteiger partial charge on any atom is -0.418 e.